The van der Waals surface area contributed by atoms with Gasteiger partial charge in [-0.05, 0) is 44.1 Å². The Labute approximate surface area is 158 Å². The van der Waals surface area contributed by atoms with E-state index in [1.165, 1.54) is 6.42 Å². The van der Waals surface area contributed by atoms with Crippen LogP contribution in [0.25, 0.3) is 0 Å². The van der Waals surface area contributed by atoms with Crippen molar-refractivity contribution in [1.29, 1.82) is 0 Å². The fourth-order valence-corrected chi connectivity index (χ4v) is 2.98. The molecule has 0 atom stereocenters. The number of carbonyl (C=O) groups excluding carboxylic acids is 3. The molecule has 0 aromatic heterocycles. The van der Waals surface area contributed by atoms with E-state index in [0.29, 0.717) is 5.56 Å². The number of benzene rings is 1. The summed E-state index contributed by atoms with van der Waals surface area (Å²) in [4.78, 5) is 35.8. The van der Waals surface area contributed by atoms with E-state index < -0.39 is 5.91 Å². The molecule has 0 radical (unpaired) electrons. The first-order valence-corrected chi connectivity index (χ1v) is 9.11. The first kappa shape index (κ1) is 19.8. The summed E-state index contributed by atoms with van der Waals surface area (Å²) in [5.41, 5.74) is 6.23. The third kappa shape index (κ3) is 6.44. The molecule has 1 fully saturated rings. The molecule has 1 aromatic rings. The van der Waals surface area contributed by atoms with Crippen molar-refractivity contribution >= 4 is 35.1 Å². The molecular weight excluding hydrogens is 352 g/mol. The van der Waals surface area contributed by atoms with E-state index >= 15 is 0 Å². The van der Waals surface area contributed by atoms with Gasteiger partial charge in [-0.3, -0.25) is 30.6 Å². The summed E-state index contributed by atoms with van der Waals surface area (Å²) in [5.74, 6) is -0.901. The van der Waals surface area contributed by atoms with Crippen LogP contribution in [0.4, 0.5) is 0 Å². The van der Waals surface area contributed by atoms with E-state index in [4.69, 9.17) is 12.2 Å². The third-order valence-corrected chi connectivity index (χ3v) is 4.43. The topological polar surface area (TPSA) is 99.3 Å². The van der Waals surface area contributed by atoms with Gasteiger partial charge in [0.15, 0.2) is 5.11 Å². The molecule has 7 nitrogen and oxygen atoms in total. The summed E-state index contributed by atoms with van der Waals surface area (Å²) in [6.07, 6.45) is 5.03. The van der Waals surface area contributed by atoms with Gasteiger partial charge in [0.05, 0.1) is 6.54 Å². The Morgan fingerprint density at radius 3 is 2.54 bits per heavy atom. The standard InChI is InChI=1S/C18H24N4O3S/c1-12-6-5-9-14(10-12)17(25)20-18(26)22-21-15(23)11-19-16(24)13-7-3-2-4-8-13/h5-6,9-10,13H,2-4,7-8,11H2,1H3,(H,19,24)(H,21,23)(H2,20,22,25,26). The lowest BCUT2D eigenvalue weighted by atomic mass is 9.89. The Kier molecular flexibility index (Phi) is 7.53. The summed E-state index contributed by atoms with van der Waals surface area (Å²) in [6.45, 7) is 1.74. The molecule has 0 aliphatic heterocycles. The Bertz CT molecular complexity index is 687. The SMILES string of the molecule is Cc1cccc(C(=O)NC(=S)NNC(=O)CNC(=O)C2CCCCC2)c1. The Morgan fingerprint density at radius 2 is 1.85 bits per heavy atom. The molecule has 1 aromatic carbocycles. The molecule has 4 N–H and O–H groups in total. The smallest absolute Gasteiger partial charge is 0.257 e. The van der Waals surface area contributed by atoms with Crippen molar-refractivity contribution in [2.45, 2.75) is 39.0 Å². The molecule has 0 heterocycles. The second-order valence-corrected chi connectivity index (χ2v) is 6.79. The minimum Gasteiger partial charge on any atom is -0.347 e. The van der Waals surface area contributed by atoms with Crippen LogP contribution in [0.3, 0.4) is 0 Å². The van der Waals surface area contributed by atoms with Crippen LogP contribution in [0.2, 0.25) is 0 Å². The first-order valence-electron chi connectivity index (χ1n) is 8.70. The highest BCUT2D eigenvalue weighted by atomic mass is 32.1. The summed E-state index contributed by atoms with van der Waals surface area (Å²) in [6, 6.07) is 7.06. The number of thiocarbonyl (C=S) groups is 1. The monoisotopic (exact) mass is 376 g/mol. The molecule has 140 valence electrons. The van der Waals surface area contributed by atoms with E-state index in [0.717, 1.165) is 31.2 Å². The normalized spacial score (nSPS) is 14.2. The van der Waals surface area contributed by atoms with Crippen LogP contribution >= 0.6 is 12.2 Å². The van der Waals surface area contributed by atoms with Crippen molar-refractivity contribution in [3.05, 3.63) is 35.4 Å². The Morgan fingerprint density at radius 1 is 1.12 bits per heavy atom. The van der Waals surface area contributed by atoms with Gasteiger partial charge in [0, 0.05) is 11.5 Å². The summed E-state index contributed by atoms with van der Waals surface area (Å²) < 4.78 is 0. The minimum absolute atomic E-state index is 0.000738. The minimum atomic E-state index is -0.443. The third-order valence-electron chi connectivity index (χ3n) is 4.22. The van der Waals surface area contributed by atoms with Gasteiger partial charge in [0.25, 0.3) is 11.8 Å². The number of hydrazine groups is 1. The van der Waals surface area contributed by atoms with Crippen molar-refractivity contribution in [1.82, 2.24) is 21.5 Å². The van der Waals surface area contributed by atoms with Gasteiger partial charge in [-0.1, -0.05) is 37.0 Å². The fourth-order valence-electron chi connectivity index (χ4n) is 2.84. The maximum Gasteiger partial charge on any atom is 0.257 e. The predicted molar refractivity (Wildman–Crippen MR) is 102 cm³/mol. The summed E-state index contributed by atoms with van der Waals surface area (Å²) in [5, 5.41) is 5.08. The molecule has 0 bridgehead atoms. The van der Waals surface area contributed by atoms with Crippen molar-refractivity contribution in [2.75, 3.05) is 6.54 Å². The molecule has 3 amide bonds. The average molecular weight is 376 g/mol. The Balaban J connectivity index is 1.67. The van der Waals surface area contributed by atoms with E-state index in [1.54, 1.807) is 18.2 Å². The van der Waals surface area contributed by atoms with E-state index in [9.17, 15) is 14.4 Å². The zero-order chi connectivity index (χ0) is 18.9. The highest BCUT2D eigenvalue weighted by Gasteiger charge is 2.21. The summed E-state index contributed by atoms with van der Waals surface area (Å²) >= 11 is 4.97. The molecule has 26 heavy (non-hydrogen) atoms. The number of hydrogen-bond acceptors (Lipinski definition) is 4. The number of aryl methyl sites for hydroxylation is 1. The predicted octanol–water partition coefficient (Wildman–Crippen LogP) is 1.33. The van der Waals surface area contributed by atoms with Crippen LogP contribution in [-0.2, 0) is 9.59 Å². The molecule has 1 aliphatic rings. The van der Waals surface area contributed by atoms with Crippen LogP contribution in [0.5, 0.6) is 0 Å². The largest absolute Gasteiger partial charge is 0.347 e. The van der Waals surface area contributed by atoms with E-state index in [1.807, 2.05) is 13.0 Å². The van der Waals surface area contributed by atoms with Gasteiger partial charge in [-0.15, -0.1) is 0 Å². The number of rotatable bonds is 4. The van der Waals surface area contributed by atoms with Gasteiger partial charge in [0.2, 0.25) is 5.91 Å². The fraction of sp³-hybridized carbons (Fsp3) is 0.444. The summed E-state index contributed by atoms with van der Waals surface area (Å²) in [7, 11) is 0. The van der Waals surface area contributed by atoms with Crippen molar-refractivity contribution in [2.24, 2.45) is 5.92 Å². The molecule has 8 heteroatoms. The average Bonchev–Trinajstić information content (AvgIpc) is 2.65. The molecule has 1 saturated carbocycles. The molecule has 0 unspecified atom stereocenters. The van der Waals surface area contributed by atoms with Gasteiger partial charge < -0.3 is 5.32 Å². The molecular formula is C18H24N4O3S. The maximum absolute atomic E-state index is 12.0. The van der Waals surface area contributed by atoms with Crippen molar-refractivity contribution in [3.8, 4) is 0 Å². The van der Waals surface area contributed by atoms with Crippen LogP contribution in [0, 0.1) is 12.8 Å². The Hall–Kier alpha value is -2.48. The number of amides is 3. The second kappa shape index (κ2) is 9.86. The second-order valence-electron chi connectivity index (χ2n) is 6.38. The van der Waals surface area contributed by atoms with Gasteiger partial charge in [-0.2, -0.15) is 0 Å². The highest BCUT2D eigenvalue weighted by Crippen LogP contribution is 2.23. The lowest BCUT2D eigenvalue weighted by molar-refractivity contribution is -0.129. The molecule has 2 rings (SSSR count). The number of hydrogen-bond donors (Lipinski definition) is 4. The molecule has 0 spiro atoms. The first-order chi connectivity index (χ1) is 12.5. The van der Waals surface area contributed by atoms with E-state index in [2.05, 4.69) is 21.5 Å². The molecule has 1 aliphatic carbocycles. The zero-order valence-corrected chi connectivity index (χ0v) is 15.6. The van der Waals surface area contributed by atoms with Crippen LogP contribution in [-0.4, -0.2) is 29.4 Å². The molecule has 0 saturated heterocycles. The highest BCUT2D eigenvalue weighted by molar-refractivity contribution is 7.80. The van der Waals surface area contributed by atoms with Gasteiger partial charge in [0.1, 0.15) is 0 Å². The maximum atomic E-state index is 12.0. The van der Waals surface area contributed by atoms with Crippen molar-refractivity contribution < 1.29 is 14.4 Å². The van der Waals surface area contributed by atoms with Gasteiger partial charge >= 0.3 is 0 Å². The number of nitrogens with one attached hydrogen (secondary N) is 4. The van der Waals surface area contributed by atoms with Crippen LogP contribution in [0.15, 0.2) is 24.3 Å². The quantitative estimate of drug-likeness (QED) is 0.469. The van der Waals surface area contributed by atoms with Crippen LogP contribution < -0.4 is 21.5 Å². The van der Waals surface area contributed by atoms with Crippen LogP contribution in [0.1, 0.15) is 48.0 Å². The lowest BCUT2D eigenvalue weighted by Gasteiger charge is -2.20. The van der Waals surface area contributed by atoms with E-state index in [-0.39, 0.29) is 29.4 Å². The van der Waals surface area contributed by atoms with Crippen molar-refractivity contribution in [3.63, 3.8) is 0 Å². The van der Waals surface area contributed by atoms with Gasteiger partial charge in [-0.25, -0.2) is 0 Å². The number of carbonyl (C=O) groups is 3. The lowest BCUT2D eigenvalue weighted by Crippen LogP contribution is -2.51. The zero-order valence-electron chi connectivity index (χ0n) is 14.8.